The minimum Gasteiger partial charge on any atom is -0.317 e. The van der Waals surface area contributed by atoms with Crippen LogP contribution in [0.15, 0.2) is 0 Å². The van der Waals surface area contributed by atoms with E-state index in [0.29, 0.717) is 0 Å². The first-order chi connectivity index (χ1) is 7.27. The predicted molar refractivity (Wildman–Crippen MR) is 62.0 cm³/mol. The summed E-state index contributed by atoms with van der Waals surface area (Å²) in [5.41, 5.74) is 3.84. The van der Waals surface area contributed by atoms with Crippen LogP contribution in [0.3, 0.4) is 0 Å². The number of piperidine rings is 1. The highest BCUT2D eigenvalue weighted by molar-refractivity contribution is 5.22. The predicted octanol–water partition coefficient (Wildman–Crippen LogP) is 1.96. The van der Waals surface area contributed by atoms with Gasteiger partial charge in [0.2, 0.25) is 0 Å². The normalized spacial score (nSPS) is 18.3. The van der Waals surface area contributed by atoms with Crippen LogP contribution in [0.5, 0.6) is 0 Å². The molecule has 0 radical (unpaired) electrons. The van der Waals surface area contributed by atoms with Crippen LogP contribution in [0.1, 0.15) is 36.2 Å². The highest BCUT2D eigenvalue weighted by Crippen LogP contribution is 2.19. The van der Waals surface area contributed by atoms with Crippen LogP contribution in [0.2, 0.25) is 0 Å². The number of aryl methyl sites for hydroxylation is 2. The van der Waals surface area contributed by atoms with Crippen LogP contribution in [-0.2, 0) is 6.42 Å². The number of nitrogens with one attached hydrogen (secondary N) is 2. The van der Waals surface area contributed by atoms with Gasteiger partial charge in [-0.1, -0.05) is 0 Å². The Morgan fingerprint density at radius 3 is 2.60 bits per heavy atom. The smallest absolute Gasteiger partial charge is 0.0654 e. The van der Waals surface area contributed by atoms with Gasteiger partial charge in [-0.3, -0.25) is 5.10 Å². The van der Waals surface area contributed by atoms with Gasteiger partial charge in [0, 0.05) is 5.69 Å². The van der Waals surface area contributed by atoms with Crippen molar-refractivity contribution in [2.75, 3.05) is 13.1 Å². The zero-order valence-corrected chi connectivity index (χ0v) is 9.77. The third-order valence-corrected chi connectivity index (χ3v) is 3.60. The number of H-pyrrole nitrogens is 1. The van der Waals surface area contributed by atoms with E-state index in [1.807, 2.05) is 0 Å². The lowest BCUT2D eigenvalue weighted by Gasteiger charge is -2.22. The number of aromatic nitrogens is 2. The zero-order valence-electron chi connectivity index (χ0n) is 9.77. The van der Waals surface area contributed by atoms with E-state index in [4.69, 9.17) is 0 Å². The van der Waals surface area contributed by atoms with Gasteiger partial charge in [0.1, 0.15) is 0 Å². The Kier molecular flexibility index (Phi) is 3.41. The average Bonchev–Trinajstić information content (AvgIpc) is 2.59. The molecule has 0 atom stereocenters. The molecule has 0 aromatic carbocycles. The molecule has 0 spiro atoms. The summed E-state index contributed by atoms with van der Waals surface area (Å²) in [5.74, 6) is 0.905. The van der Waals surface area contributed by atoms with Crippen LogP contribution >= 0.6 is 0 Å². The van der Waals surface area contributed by atoms with Gasteiger partial charge in [0.05, 0.1) is 5.69 Å². The van der Waals surface area contributed by atoms with Crippen molar-refractivity contribution in [3.8, 4) is 0 Å². The van der Waals surface area contributed by atoms with Gasteiger partial charge in [0.25, 0.3) is 0 Å². The summed E-state index contributed by atoms with van der Waals surface area (Å²) < 4.78 is 0. The summed E-state index contributed by atoms with van der Waals surface area (Å²) in [5, 5.41) is 10.8. The minimum atomic E-state index is 0.905. The third kappa shape index (κ3) is 2.59. The average molecular weight is 207 g/mol. The van der Waals surface area contributed by atoms with Crippen molar-refractivity contribution in [3.63, 3.8) is 0 Å². The van der Waals surface area contributed by atoms with Crippen LogP contribution in [0.25, 0.3) is 0 Å². The Hall–Kier alpha value is -0.830. The molecule has 0 aliphatic carbocycles. The van der Waals surface area contributed by atoms with Gasteiger partial charge in [-0.15, -0.1) is 0 Å². The van der Waals surface area contributed by atoms with Crippen LogP contribution < -0.4 is 5.32 Å². The lowest BCUT2D eigenvalue weighted by molar-refractivity contribution is 0.353. The molecule has 3 heteroatoms. The molecule has 2 rings (SSSR count). The number of hydrogen-bond acceptors (Lipinski definition) is 2. The zero-order chi connectivity index (χ0) is 10.7. The summed E-state index contributed by atoms with van der Waals surface area (Å²) in [6, 6.07) is 0. The van der Waals surface area contributed by atoms with Crippen molar-refractivity contribution in [1.82, 2.24) is 15.5 Å². The molecule has 0 amide bonds. The fourth-order valence-corrected chi connectivity index (χ4v) is 2.29. The van der Waals surface area contributed by atoms with Crippen molar-refractivity contribution >= 4 is 0 Å². The first kappa shape index (κ1) is 10.7. The molecule has 0 saturated carbocycles. The van der Waals surface area contributed by atoms with Gasteiger partial charge < -0.3 is 5.32 Å². The largest absolute Gasteiger partial charge is 0.317 e. The molecule has 1 aliphatic heterocycles. The summed E-state index contributed by atoms with van der Waals surface area (Å²) in [7, 11) is 0. The third-order valence-electron chi connectivity index (χ3n) is 3.60. The molecular formula is C12H21N3. The Balaban J connectivity index is 1.84. The van der Waals surface area contributed by atoms with Crippen molar-refractivity contribution < 1.29 is 0 Å². The summed E-state index contributed by atoms with van der Waals surface area (Å²) in [4.78, 5) is 0. The number of nitrogens with zero attached hydrogens (tertiary/aromatic N) is 1. The molecular weight excluding hydrogens is 186 g/mol. The second-order valence-corrected chi connectivity index (χ2v) is 4.65. The fraction of sp³-hybridized carbons (Fsp3) is 0.750. The quantitative estimate of drug-likeness (QED) is 0.795. The summed E-state index contributed by atoms with van der Waals surface area (Å²) >= 11 is 0. The number of hydrogen-bond donors (Lipinski definition) is 2. The van der Waals surface area contributed by atoms with Crippen molar-refractivity contribution in [2.24, 2.45) is 5.92 Å². The molecule has 3 nitrogen and oxygen atoms in total. The van der Waals surface area contributed by atoms with E-state index in [1.165, 1.54) is 49.3 Å². The van der Waals surface area contributed by atoms with Gasteiger partial charge in [-0.05, 0) is 64.1 Å². The van der Waals surface area contributed by atoms with Crippen LogP contribution in [0.4, 0.5) is 0 Å². The van der Waals surface area contributed by atoms with Gasteiger partial charge in [0.15, 0.2) is 0 Å². The molecule has 15 heavy (non-hydrogen) atoms. The Bertz CT molecular complexity index is 311. The monoisotopic (exact) mass is 207 g/mol. The maximum Gasteiger partial charge on any atom is 0.0654 e. The molecule has 0 unspecified atom stereocenters. The van der Waals surface area contributed by atoms with Gasteiger partial charge >= 0.3 is 0 Å². The molecule has 1 aliphatic rings. The molecule has 1 aromatic heterocycles. The molecule has 0 bridgehead atoms. The first-order valence-corrected chi connectivity index (χ1v) is 5.98. The Labute approximate surface area is 91.7 Å². The second kappa shape index (κ2) is 4.79. The standard InChI is InChI=1S/C12H21N3/c1-9-10(2)14-15-12(9)4-3-11-5-7-13-8-6-11/h11,13H,3-8H2,1-2H3,(H,14,15). The lowest BCUT2D eigenvalue weighted by atomic mass is 9.92. The van der Waals surface area contributed by atoms with E-state index in [2.05, 4.69) is 29.4 Å². The lowest BCUT2D eigenvalue weighted by Crippen LogP contribution is -2.27. The van der Waals surface area contributed by atoms with Crippen molar-refractivity contribution in [2.45, 2.75) is 39.5 Å². The second-order valence-electron chi connectivity index (χ2n) is 4.65. The maximum absolute atomic E-state index is 4.36. The maximum atomic E-state index is 4.36. The highest BCUT2D eigenvalue weighted by Gasteiger charge is 2.14. The highest BCUT2D eigenvalue weighted by atomic mass is 15.1. The topological polar surface area (TPSA) is 40.7 Å². The van der Waals surface area contributed by atoms with Crippen molar-refractivity contribution in [1.29, 1.82) is 0 Å². The van der Waals surface area contributed by atoms with E-state index in [9.17, 15) is 0 Å². The fourth-order valence-electron chi connectivity index (χ4n) is 2.29. The molecule has 1 fully saturated rings. The summed E-state index contributed by atoms with van der Waals surface area (Å²) in [6.45, 7) is 6.65. The molecule has 2 N–H and O–H groups in total. The number of rotatable bonds is 3. The van der Waals surface area contributed by atoms with E-state index in [-0.39, 0.29) is 0 Å². The molecule has 1 aromatic rings. The van der Waals surface area contributed by atoms with Gasteiger partial charge in [-0.25, -0.2) is 0 Å². The van der Waals surface area contributed by atoms with E-state index >= 15 is 0 Å². The molecule has 84 valence electrons. The minimum absolute atomic E-state index is 0.905. The van der Waals surface area contributed by atoms with Gasteiger partial charge in [-0.2, -0.15) is 5.10 Å². The Morgan fingerprint density at radius 2 is 2.00 bits per heavy atom. The Morgan fingerprint density at radius 1 is 1.27 bits per heavy atom. The van der Waals surface area contributed by atoms with Crippen molar-refractivity contribution in [3.05, 3.63) is 17.0 Å². The molecule has 2 heterocycles. The summed E-state index contributed by atoms with van der Waals surface area (Å²) in [6.07, 6.45) is 5.11. The van der Waals surface area contributed by atoms with E-state index in [1.54, 1.807) is 0 Å². The van der Waals surface area contributed by atoms with E-state index in [0.717, 1.165) is 12.3 Å². The van der Waals surface area contributed by atoms with Crippen LogP contribution in [0, 0.1) is 19.8 Å². The SMILES string of the molecule is Cc1[nH]nc(CCC2CCNCC2)c1C. The first-order valence-electron chi connectivity index (χ1n) is 5.98. The van der Waals surface area contributed by atoms with Crippen LogP contribution in [-0.4, -0.2) is 23.3 Å². The molecule has 1 saturated heterocycles. The van der Waals surface area contributed by atoms with E-state index < -0.39 is 0 Å². The number of aromatic amines is 1.